The number of carbonyl (C=O) groups excluding carboxylic acids is 2. The summed E-state index contributed by atoms with van der Waals surface area (Å²) < 4.78 is 6.86. The van der Waals surface area contributed by atoms with Gasteiger partial charge in [0, 0.05) is 30.9 Å². The van der Waals surface area contributed by atoms with Gasteiger partial charge in [-0.3, -0.25) is 19.7 Å². The highest BCUT2D eigenvalue weighted by molar-refractivity contribution is 6.32. The van der Waals surface area contributed by atoms with Crippen molar-refractivity contribution in [3.63, 3.8) is 0 Å². The topological polar surface area (TPSA) is 132 Å². The number of halogens is 1. The third-order valence-corrected chi connectivity index (χ3v) is 5.35. The molecular formula is C22H23ClN6O5. The quantitative estimate of drug-likeness (QED) is 0.360. The Morgan fingerprint density at radius 3 is 2.59 bits per heavy atom. The number of anilines is 1. The number of nitrogens with one attached hydrogen (secondary N) is 1. The fourth-order valence-electron chi connectivity index (χ4n) is 3.22. The van der Waals surface area contributed by atoms with E-state index in [1.54, 1.807) is 30.0 Å². The largest absolute Gasteiger partial charge is 0.482 e. The Balaban J connectivity index is 1.71. The average molecular weight is 487 g/mol. The maximum Gasteiger partial charge on any atom is 0.278 e. The lowest BCUT2D eigenvalue weighted by atomic mass is 10.2. The van der Waals surface area contributed by atoms with Crippen LogP contribution in [0, 0.1) is 17.0 Å². The highest BCUT2D eigenvalue weighted by Crippen LogP contribution is 2.28. The summed E-state index contributed by atoms with van der Waals surface area (Å²) in [5.74, 6) is -0.371. The Bertz CT molecular complexity index is 1220. The van der Waals surface area contributed by atoms with Gasteiger partial charge in [0.25, 0.3) is 17.5 Å². The van der Waals surface area contributed by atoms with Gasteiger partial charge in [-0.15, -0.1) is 5.10 Å². The van der Waals surface area contributed by atoms with E-state index in [0.29, 0.717) is 35.9 Å². The molecular weight excluding hydrogens is 464 g/mol. The molecule has 12 heteroatoms. The number of non-ortho nitro benzene ring substituents is 1. The summed E-state index contributed by atoms with van der Waals surface area (Å²) in [5, 5.41) is 21.8. The van der Waals surface area contributed by atoms with Crippen molar-refractivity contribution >= 4 is 34.8 Å². The molecule has 0 saturated heterocycles. The van der Waals surface area contributed by atoms with E-state index in [-0.39, 0.29) is 28.9 Å². The lowest BCUT2D eigenvalue weighted by Gasteiger charge is -2.19. The first-order valence-electron chi connectivity index (χ1n) is 10.4. The molecule has 0 saturated carbocycles. The number of benzene rings is 2. The van der Waals surface area contributed by atoms with Gasteiger partial charge in [0.15, 0.2) is 12.3 Å². The molecule has 0 aliphatic carbocycles. The number of hydrogen-bond acceptors (Lipinski definition) is 7. The van der Waals surface area contributed by atoms with Crippen LogP contribution in [0.1, 0.15) is 30.0 Å². The van der Waals surface area contributed by atoms with Crippen LogP contribution in [0.2, 0.25) is 5.02 Å². The second-order valence-electron chi connectivity index (χ2n) is 7.17. The first kappa shape index (κ1) is 24.6. The van der Waals surface area contributed by atoms with Crippen molar-refractivity contribution < 1.29 is 19.2 Å². The van der Waals surface area contributed by atoms with Gasteiger partial charge >= 0.3 is 0 Å². The van der Waals surface area contributed by atoms with Crippen molar-refractivity contribution in [2.24, 2.45) is 0 Å². The number of amides is 2. The number of nitrogens with zero attached hydrogens (tertiary/aromatic N) is 5. The van der Waals surface area contributed by atoms with Gasteiger partial charge < -0.3 is 15.0 Å². The molecule has 0 unspecified atom stereocenters. The van der Waals surface area contributed by atoms with Crippen LogP contribution in [0.5, 0.6) is 5.75 Å². The summed E-state index contributed by atoms with van der Waals surface area (Å²) in [6.07, 6.45) is 0. The van der Waals surface area contributed by atoms with Gasteiger partial charge in [-0.05, 0) is 45.0 Å². The van der Waals surface area contributed by atoms with Crippen LogP contribution in [0.15, 0.2) is 42.5 Å². The second-order valence-corrected chi connectivity index (χ2v) is 7.57. The van der Waals surface area contributed by atoms with E-state index < -0.39 is 10.8 Å². The number of nitro benzene ring substituents is 1. The first-order chi connectivity index (χ1) is 16.2. The van der Waals surface area contributed by atoms with E-state index in [0.717, 1.165) is 0 Å². The minimum Gasteiger partial charge on any atom is -0.482 e. The van der Waals surface area contributed by atoms with Crippen LogP contribution >= 0.6 is 11.6 Å². The van der Waals surface area contributed by atoms with E-state index >= 15 is 0 Å². The van der Waals surface area contributed by atoms with Crippen LogP contribution in [0.4, 0.5) is 11.4 Å². The van der Waals surface area contributed by atoms with Crippen molar-refractivity contribution in [1.29, 1.82) is 0 Å². The molecule has 1 heterocycles. The number of aromatic nitrogens is 3. The molecule has 3 aromatic rings. The number of carbonyl (C=O) groups is 2. The van der Waals surface area contributed by atoms with E-state index in [9.17, 15) is 19.7 Å². The minimum absolute atomic E-state index is 0.0489. The highest BCUT2D eigenvalue weighted by Gasteiger charge is 2.19. The molecule has 0 aliphatic heterocycles. The third-order valence-electron chi connectivity index (χ3n) is 5.05. The molecule has 0 spiro atoms. The molecule has 0 bridgehead atoms. The van der Waals surface area contributed by atoms with Crippen molar-refractivity contribution in [2.75, 3.05) is 25.0 Å². The van der Waals surface area contributed by atoms with Crippen LogP contribution in [0.3, 0.4) is 0 Å². The van der Waals surface area contributed by atoms with Gasteiger partial charge in [0.1, 0.15) is 5.75 Å². The van der Waals surface area contributed by atoms with Gasteiger partial charge in [-0.2, -0.15) is 0 Å². The zero-order valence-corrected chi connectivity index (χ0v) is 19.6. The third kappa shape index (κ3) is 5.49. The van der Waals surface area contributed by atoms with Crippen LogP contribution in [-0.2, 0) is 4.79 Å². The number of rotatable bonds is 9. The predicted octanol–water partition coefficient (Wildman–Crippen LogP) is 3.64. The lowest BCUT2D eigenvalue weighted by Crippen LogP contribution is -2.34. The summed E-state index contributed by atoms with van der Waals surface area (Å²) in [4.78, 5) is 37.0. The summed E-state index contributed by atoms with van der Waals surface area (Å²) in [6, 6.07) is 10.5. The van der Waals surface area contributed by atoms with Crippen molar-refractivity contribution in [1.82, 2.24) is 19.9 Å². The molecule has 0 aliphatic rings. The maximum atomic E-state index is 12.7. The van der Waals surface area contributed by atoms with Crippen molar-refractivity contribution in [3.05, 3.63) is 69.0 Å². The van der Waals surface area contributed by atoms with Gasteiger partial charge in [0.05, 0.1) is 21.3 Å². The molecule has 0 radical (unpaired) electrons. The Morgan fingerprint density at radius 2 is 1.94 bits per heavy atom. The van der Waals surface area contributed by atoms with E-state index in [2.05, 4.69) is 15.6 Å². The number of ether oxygens (including phenoxy) is 1. The smallest absolute Gasteiger partial charge is 0.278 e. The van der Waals surface area contributed by atoms with Crippen LogP contribution in [-0.4, -0.2) is 56.3 Å². The summed E-state index contributed by atoms with van der Waals surface area (Å²) in [7, 11) is 0. The lowest BCUT2D eigenvalue weighted by molar-refractivity contribution is -0.384. The zero-order valence-electron chi connectivity index (χ0n) is 18.8. The molecule has 2 aromatic carbocycles. The maximum absolute atomic E-state index is 12.7. The van der Waals surface area contributed by atoms with Crippen molar-refractivity contribution in [3.8, 4) is 11.4 Å². The molecule has 1 N–H and O–H groups in total. The summed E-state index contributed by atoms with van der Waals surface area (Å²) >= 11 is 6.26. The van der Waals surface area contributed by atoms with E-state index in [4.69, 9.17) is 16.3 Å². The normalized spacial score (nSPS) is 10.6. The van der Waals surface area contributed by atoms with Crippen LogP contribution < -0.4 is 10.1 Å². The Kier molecular flexibility index (Phi) is 7.79. The van der Waals surface area contributed by atoms with Crippen LogP contribution in [0.25, 0.3) is 5.69 Å². The fraction of sp³-hybridized carbons (Fsp3) is 0.273. The first-order valence-corrected chi connectivity index (χ1v) is 10.8. The molecule has 178 valence electrons. The molecule has 11 nitrogen and oxygen atoms in total. The van der Waals surface area contributed by atoms with Crippen molar-refractivity contribution in [2.45, 2.75) is 20.8 Å². The predicted molar refractivity (Wildman–Crippen MR) is 126 cm³/mol. The minimum atomic E-state index is -0.532. The monoisotopic (exact) mass is 486 g/mol. The average Bonchev–Trinajstić information content (AvgIpc) is 3.20. The molecule has 3 rings (SSSR count). The molecule has 1 aromatic heterocycles. The van der Waals surface area contributed by atoms with Gasteiger partial charge in [-0.1, -0.05) is 22.9 Å². The zero-order chi connectivity index (χ0) is 24.8. The van der Waals surface area contributed by atoms with Gasteiger partial charge in [0.2, 0.25) is 0 Å². The van der Waals surface area contributed by atoms with Gasteiger partial charge in [-0.25, -0.2) is 4.68 Å². The molecule has 2 amide bonds. The van der Waals surface area contributed by atoms with E-state index in [1.165, 1.54) is 28.9 Å². The standard InChI is InChI=1S/C22H23ClN6O5/c1-4-27(5-2)20(30)13-34-19-10-9-15(11-18(19)23)24-22(31)21-14(3)28(26-25-21)16-7-6-8-17(12-16)29(32)33/h6-12H,4-5,13H2,1-3H3,(H,24,31). The SMILES string of the molecule is CCN(CC)C(=O)COc1ccc(NC(=O)c2nnn(-c3cccc([N+](=O)[O-])c3)c2C)cc1Cl. The Morgan fingerprint density at radius 1 is 1.21 bits per heavy atom. The second kappa shape index (κ2) is 10.8. The number of likely N-dealkylation sites (N-methyl/N-ethyl adjacent to an activating group) is 1. The van der Waals surface area contributed by atoms with E-state index in [1.807, 2.05) is 13.8 Å². The molecule has 0 fully saturated rings. The number of hydrogen-bond donors (Lipinski definition) is 1. The Labute approximate surface area is 200 Å². The number of nitro groups is 1. The fourth-order valence-corrected chi connectivity index (χ4v) is 3.45. The molecule has 34 heavy (non-hydrogen) atoms. The summed E-state index contributed by atoms with van der Waals surface area (Å²) in [5.41, 5.74) is 1.14. The molecule has 0 atom stereocenters. The summed E-state index contributed by atoms with van der Waals surface area (Å²) in [6.45, 7) is 6.43. The Hall–Kier alpha value is -3.99. The highest BCUT2D eigenvalue weighted by atomic mass is 35.5.